The minimum atomic E-state index is -0.577. The fourth-order valence-corrected chi connectivity index (χ4v) is 7.13. The minimum absolute atomic E-state index is 0.0238. The van der Waals surface area contributed by atoms with E-state index in [1.54, 1.807) is 23.5 Å². The Morgan fingerprint density at radius 2 is 1.71 bits per heavy atom. The molecule has 3 rings (SSSR count). The lowest BCUT2D eigenvalue weighted by Gasteiger charge is -2.17. The molecule has 0 aliphatic carbocycles. The highest BCUT2D eigenvalue weighted by atomic mass is 79.9. The summed E-state index contributed by atoms with van der Waals surface area (Å²) in [6.07, 6.45) is 0. The summed E-state index contributed by atoms with van der Waals surface area (Å²) in [5.41, 5.74) is 3.73. The third-order valence-electron chi connectivity index (χ3n) is 5.06. The number of methoxy groups -OCH3 is 1. The van der Waals surface area contributed by atoms with Gasteiger partial charge in [0.05, 0.1) is 29.5 Å². The van der Waals surface area contributed by atoms with Crippen molar-refractivity contribution in [2.24, 2.45) is 5.16 Å². The zero-order valence-electron chi connectivity index (χ0n) is 18.9. The Morgan fingerprint density at radius 1 is 1.06 bits per heavy atom. The highest BCUT2D eigenvalue weighted by Gasteiger charge is 2.25. The van der Waals surface area contributed by atoms with Gasteiger partial charge in [0.1, 0.15) is 7.11 Å². The van der Waals surface area contributed by atoms with E-state index in [9.17, 15) is 15.0 Å². The first-order valence-corrected chi connectivity index (χ1v) is 13.5. The molecular formula is C24H27BrN2O5S2. The third-order valence-corrected chi connectivity index (χ3v) is 8.65. The zero-order valence-corrected chi connectivity index (χ0v) is 22.2. The fraction of sp³-hybridized carbons (Fsp3) is 0.333. The maximum absolute atomic E-state index is 12.4. The van der Waals surface area contributed by atoms with Gasteiger partial charge in [-0.3, -0.25) is 0 Å². The van der Waals surface area contributed by atoms with Crippen LogP contribution in [-0.2, 0) is 20.9 Å². The SMILES string of the molecule is CO/N=C(/C(=O)OC)c1ccccc1Cn1c(Br)c(C(SCCO)SCCO)c2ccccc21. The number of aliphatic hydroxyl groups is 2. The van der Waals surface area contributed by atoms with E-state index in [1.807, 2.05) is 36.4 Å². The number of aromatic nitrogens is 1. The van der Waals surface area contributed by atoms with Crippen molar-refractivity contribution in [2.75, 3.05) is 38.9 Å². The number of thioether (sulfide) groups is 2. The molecule has 0 aliphatic heterocycles. The molecule has 1 aromatic heterocycles. The maximum Gasteiger partial charge on any atom is 0.360 e. The third kappa shape index (κ3) is 5.98. The predicted molar refractivity (Wildman–Crippen MR) is 143 cm³/mol. The molecule has 0 unspecified atom stereocenters. The molecule has 0 aliphatic rings. The number of esters is 1. The Labute approximate surface area is 215 Å². The Bertz CT molecular complexity index is 1140. The Hall–Kier alpha value is -1.98. The van der Waals surface area contributed by atoms with Gasteiger partial charge in [-0.25, -0.2) is 4.79 Å². The molecule has 7 nitrogen and oxygen atoms in total. The molecule has 34 heavy (non-hydrogen) atoms. The van der Waals surface area contributed by atoms with Crippen molar-refractivity contribution >= 4 is 62.0 Å². The summed E-state index contributed by atoms with van der Waals surface area (Å²) in [5, 5.41) is 23.8. The van der Waals surface area contributed by atoms with Crippen molar-refractivity contribution in [3.63, 3.8) is 0 Å². The van der Waals surface area contributed by atoms with Crippen molar-refractivity contribution in [1.29, 1.82) is 0 Å². The number of aliphatic hydroxyl groups excluding tert-OH is 2. The van der Waals surface area contributed by atoms with Crippen LogP contribution in [0.3, 0.4) is 0 Å². The number of fused-ring (bicyclic) bond motifs is 1. The zero-order chi connectivity index (χ0) is 24.5. The summed E-state index contributed by atoms with van der Waals surface area (Å²) >= 11 is 7.13. The first-order valence-electron chi connectivity index (χ1n) is 10.6. The molecule has 0 radical (unpaired) electrons. The van der Waals surface area contributed by atoms with Crippen molar-refractivity contribution in [3.05, 3.63) is 69.8 Å². The van der Waals surface area contributed by atoms with E-state index in [2.05, 4.69) is 37.8 Å². The summed E-state index contributed by atoms with van der Waals surface area (Å²) in [6.45, 7) is 0.637. The Balaban J connectivity index is 2.12. The number of nitrogens with zero attached hydrogens (tertiary/aromatic N) is 2. The molecule has 0 fully saturated rings. The molecular weight excluding hydrogens is 540 g/mol. The van der Waals surface area contributed by atoms with Gasteiger partial charge in [0.2, 0.25) is 0 Å². The van der Waals surface area contributed by atoms with E-state index >= 15 is 0 Å². The van der Waals surface area contributed by atoms with E-state index in [0.29, 0.717) is 23.6 Å². The van der Waals surface area contributed by atoms with E-state index in [-0.39, 0.29) is 23.5 Å². The Morgan fingerprint density at radius 3 is 2.35 bits per heavy atom. The highest BCUT2D eigenvalue weighted by molar-refractivity contribution is 9.10. The van der Waals surface area contributed by atoms with Crippen LogP contribution >= 0.6 is 39.5 Å². The number of oxime groups is 1. The molecule has 1 heterocycles. The topological polar surface area (TPSA) is 93.3 Å². The smallest absolute Gasteiger partial charge is 0.360 e. The van der Waals surface area contributed by atoms with E-state index in [1.165, 1.54) is 14.2 Å². The molecule has 10 heteroatoms. The van der Waals surface area contributed by atoms with Crippen LogP contribution in [0.2, 0.25) is 0 Å². The second-order valence-electron chi connectivity index (χ2n) is 7.10. The van der Waals surface area contributed by atoms with E-state index in [4.69, 9.17) is 9.57 Å². The van der Waals surface area contributed by atoms with Gasteiger partial charge in [-0.15, -0.1) is 23.5 Å². The first kappa shape index (κ1) is 26.6. The number of halogens is 1. The summed E-state index contributed by atoms with van der Waals surface area (Å²) in [6, 6.07) is 15.7. The number of rotatable bonds is 12. The van der Waals surface area contributed by atoms with Crippen molar-refractivity contribution in [2.45, 2.75) is 11.1 Å². The van der Waals surface area contributed by atoms with Crippen LogP contribution in [0.4, 0.5) is 0 Å². The number of carbonyl (C=O) groups is 1. The quantitative estimate of drug-likeness (QED) is 0.145. The number of hydrogen-bond acceptors (Lipinski definition) is 8. The standard InChI is InChI=1S/C24H27BrN2O5S2/c1-31-23(30)21(26-32-2)17-8-4-3-7-16(17)15-27-19-10-6-5-9-18(19)20(22(27)25)24(33-13-11-28)34-14-12-29/h3-10,24,28-29H,11-15H2,1-2H3/b26-21+. The van der Waals surface area contributed by atoms with Gasteiger partial charge in [0.15, 0.2) is 5.71 Å². The molecule has 0 saturated heterocycles. The lowest BCUT2D eigenvalue weighted by molar-refractivity contribution is -0.132. The van der Waals surface area contributed by atoms with Crippen molar-refractivity contribution in [3.8, 4) is 0 Å². The molecule has 0 atom stereocenters. The summed E-state index contributed by atoms with van der Waals surface area (Å²) in [4.78, 5) is 17.3. The molecule has 0 amide bonds. The minimum Gasteiger partial charge on any atom is -0.464 e. The second-order valence-corrected chi connectivity index (χ2v) is 10.6. The number of ether oxygens (including phenoxy) is 1. The average Bonchev–Trinajstić information content (AvgIpc) is 3.14. The molecule has 182 valence electrons. The van der Waals surface area contributed by atoms with Crippen LogP contribution in [-0.4, -0.2) is 65.4 Å². The summed E-state index contributed by atoms with van der Waals surface area (Å²) in [5.74, 6) is 0.606. The number of hydrogen-bond donors (Lipinski definition) is 2. The number of benzene rings is 2. The monoisotopic (exact) mass is 566 g/mol. The molecule has 0 spiro atoms. The second kappa shape index (κ2) is 13.2. The summed E-state index contributed by atoms with van der Waals surface area (Å²) < 4.78 is 8.00. The van der Waals surface area contributed by atoms with Gasteiger partial charge in [0, 0.05) is 40.1 Å². The van der Waals surface area contributed by atoms with Crippen LogP contribution in [0.25, 0.3) is 10.9 Å². The molecule has 3 aromatic rings. The number of para-hydroxylation sites is 1. The average molecular weight is 568 g/mol. The lowest BCUT2D eigenvalue weighted by Crippen LogP contribution is -2.20. The van der Waals surface area contributed by atoms with Gasteiger partial charge in [-0.1, -0.05) is 47.6 Å². The van der Waals surface area contributed by atoms with E-state index in [0.717, 1.165) is 26.6 Å². The predicted octanol–water partition coefficient (Wildman–Crippen LogP) is 4.43. The van der Waals surface area contributed by atoms with Gasteiger partial charge < -0.3 is 24.4 Å². The first-order chi connectivity index (χ1) is 16.6. The van der Waals surface area contributed by atoms with Crippen molar-refractivity contribution in [1.82, 2.24) is 4.57 Å². The number of carbonyl (C=O) groups excluding carboxylic acids is 1. The fourth-order valence-electron chi connectivity index (χ4n) is 3.66. The van der Waals surface area contributed by atoms with Crippen LogP contribution in [0, 0.1) is 0 Å². The van der Waals surface area contributed by atoms with Gasteiger partial charge in [0.25, 0.3) is 0 Å². The molecule has 2 aromatic carbocycles. The van der Waals surface area contributed by atoms with E-state index < -0.39 is 5.97 Å². The molecule has 0 saturated carbocycles. The largest absolute Gasteiger partial charge is 0.464 e. The van der Waals surface area contributed by atoms with Gasteiger partial charge in [-0.2, -0.15) is 0 Å². The van der Waals surface area contributed by atoms with Gasteiger partial charge >= 0.3 is 5.97 Å². The molecule has 0 bridgehead atoms. The summed E-state index contributed by atoms with van der Waals surface area (Å²) in [7, 11) is 2.70. The van der Waals surface area contributed by atoms with Gasteiger partial charge in [-0.05, 0) is 27.6 Å². The normalized spacial score (nSPS) is 11.9. The highest BCUT2D eigenvalue weighted by Crippen LogP contribution is 2.47. The van der Waals surface area contributed by atoms with Crippen LogP contribution in [0.15, 0.2) is 58.3 Å². The Kier molecular flexibility index (Phi) is 10.3. The van der Waals surface area contributed by atoms with Crippen molar-refractivity contribution < 1.29 is 24.6 Å². The molecule has 2 N–H and O–H groups in total. The lowest BCUT2D eigenvalue weighted by atomic mass is 10.0. The van der Waals surface area contributed by atoms with Crippen LogP contribution in [0.1, 0.15) is 21.3 Å². The maximum atomic E-state index is 12.4. The van der Waals surface area contributed by atoms with Crippen LogP contribution < -0.4 is 0 Å². The van der Waals surface area contributed by atoms with Crippen LogP contribution in [0.5, 0.6) is 0 Å².